The average molecular weight is 294 g/mol. The maximum Gasteiger partial charge on any atom is 0.328 e. The van der Waals surface area contributed by atoms with E-state index in [0.717, 1.165) is 5.56 Å². The van der Waals surface area contributed by atoms with Gasteiger partial charge in [-0.1, -0.05) is 30.3 Å². The third kappa shape index (κ3) is 5.62. The Kier molecular flexibility index (Phi) is 6.35. The smallest absolute Gasteiger partial charge is 0.328 e. The minimum absolute atomic E-state index is 0.235. The van der Waals surface area contributed by atoms with Gasteiger partial charge in [-0.25, -0.2) is 4.79 Å². The molecule has 0 aliphatic heterocycles. The second kappa shape index (κ2) is 8.01. The van der Waals surface area contributed by atoms with E-state index in [4.69, 9.17) is 10.8 Å². The van der Waals surface area contributed by atoms with Crippen LogP contribution >= 0.6 is 0 Å². The van der Waals surface area contributed by atoms with Crippen LogP contribution in [0.4, 0.5) is 0 Å². The van der Waals surface area contributed by atoms with Crippen molar-refractivity contribution < 1.29 is 24.2 Å². The number of aliphatic carboxylic acids is 1. The number of carbonyl (C=O) groups excluding carboxylic acids is 2. The van der Waals surface area contributed by atoms with E-state index in [1.165, 1.54) is 7.11 Å². The Labute approximate surface area is 122 Å². The van der Waals surface area contributed by atoms with E-state index in [0.29, 0.717) is 0 Å². The van der Waals surface area contributed by atoms with Crippen LogP contribution in [0.3, 0.4) is 0 Å². The summed E-state index contributed by atoms with van der Waals surface area (Å²) in [5.41, 5.74) is 6.29. The molecule has 0 heterocycles. The molecule has 0 saturated heterocycles. The molecular weight excluding hydrogens is 276 g/mol. The third-order valence-corrected chi connectivity index (χ3v) is 2.82. The highest BCUT2D eigenvalue weighted by atomic mass is 16.5. The number of benzene rings is 1. The lowest BCUT2D eigenvalue weighted by Gasteiger charge is -2.18. The van der Waals surface area contributed by atoms with Crippen LogP contribution in [0.5, 0.6) is 0 Å². The van der Waals surface area contributed by atoms with E-state index in [1.54, 1.807) is 12.1 Å². The van der Waals surface area contributed by atoms with Gasteiger partial charge in [0.2, 0.25) is 5.91 Å². The highest BCUT2D eigenvalue weighted by Crippen LogP contribution is 2.05. The van der Waals surface area contributed by atoms with E-state index in [2.05, 4.69) is 10.1 Å². The molecule has 7 heteroatoms. The molecule has 1 rings (SSSR count). The summed E-state index contributed by atoms with van der Waals surface area (Å²) in [6.07, 6.45) is -0.274. The molecule has 4 N–H and O–H groups in total. The number of ether oxygens (including phenoxy) is 1. The molecule has 114 valence electrons. The number of nitrogens with one attached hydrogen (secondary N) is 1. The zero-order valence-electron chi connectivity index (χ0n) is 11.6. The molecule has 0 radical (unpaired) electrons. The third-order valence-electron chi connectivity index (χ3n) is 2.82. The van der Waals surface area contributed by atoms with Crippen molar-refractivity contribution in [1.29, 1.82) is 0 Å². The molecule has 0 fully saturated rings. The van der Waals surface area contributed by atoms with Crippen molar-refractivity contribution in [2.75, 3.05) is 7.11 Å². The van der Waals surface area contributed by atoms with E-state index in [9.17, 15) is 14.4 Å². The van der Waals surface area contributed by atoms with Crippen molar-refractivity contribution in [2.24, 2.45) is 5.73 Å². The van der Waals surface area contributed by atoms with Gasteiger partial charge in [-0.2, -0.15) is 0 Å². The number of carboxylic acids is 1. The van der Waals surface area contributed by atoms with Gasteiger partial charge in [0.15, 0.2) is 0 Å². The Morgan fingerprint density at radius 2 is 1.90 bits per heavy atom. The van der Waals surface area contributed by atoms with Gasteiger partial charge in [0.25, 0.3) is 0 Å². The second-order valence-electron chi connectivity index (χ2n) is 4.48. The number of nitrogens with two attached hydrogens (primary N) is 1. The Morgan fingerprint density at radius 1 is 1.29 bits per heavy atom. The van der Waals surface area contributed by atoms with Gasteiger partial charge >= 0.3 is 11.9 Å². The molecular formula is C14H18N2O5. The number of carboxylic acid groups (broad SMARTS) is 1. The molecule has 0 saturated carbocycles. The summed E-state index contributed by atoms with van der Waals surface area (Å²) in [5, 5.41) is 11.0. The van der Waals surface area contributed by atoms with E-state index >= 15 is 0 Å². The Bertz CT molecular complexity index is 503. The first-order chi connectivity index (χ1) is 9.93. The molecule has 1 aromatic carbocycles. The number of hydrogen-bond acceptors (Lipinski definition) is 5. The van der Waals surface area contributed by atoms with Crippen molar-refractivity contribution in [2.45, 2.75) is 24.9 Å². The predicted octanol–water partition coefficient (Wildman–Crippen LogP) is -0.311. The van der Waals surface area contributed by atoms with E-state index in [-0.39, 0.29) is 6.42 Å². The summed E-state index contributed by atoms with van der Waals surface area (Å²) >= 11 is 0. The summed E-state index contributed by atoms with van der Waals surface area (Å²) in [6, 6.07) is 6.93. The Hall–Kier alpha value is -2.41. The molecule has 1 unspecified atom stereocenters. The maximum absolute atomic E-state index is 11.8. The number of carbonyl (C=O) groups is 3. The summed E-state index contributed by atoms with van der Waals surface area (Å²) in [4.78, 5) is 34.0. The average Bonchev–Trinajstić information content (AvgIpc) is 2.46. The standard InChI is InChI=1S/C14H18N2O5/c1-21-14(20)11(7-9-5-3-2-4-6-9)16-13(19)10(15)8-12(17)18/h2-6,10-11H,7-8,15H2,1H3,(H,16,19)(H,17,18)/t10?,11-/m1/s1. The van der Waals surface area contributed by atoms with Crippen LogP contribution in [0.25, 0.3) is 0 Å². The van der Waals surface area contributed by atoms with Crippen LogP contribution in [-0.2, 0) is 25.5 Å². The fourth-order valence-corrected chi connectivity index (χ4v) is 1.74. The van der Waals surface area contributed by atoms with Gasteiger partial charge in [-0.15, -0.1) is 0 Å². The molecule has 1 amide bonds. The zero-order chi connectivity index (χ0) is 15.8. The van der Waals surface area contributed by atoms with Gasteiger partial charge in [0.1, 0.15) is 6.04 Å². The quantitative estimate of drug-likeness (QED) is 0.593. The minimum Gasteiger partial charge on any atom is -0.481 e. The number of esters is 1. The van der Waals surface area contributed by atoms with Crippen molar-refractivity contribution >= 4 is 17.8 Å². The molecule has 2 atom stereocenters. The van der Waals surface area contributed by atoms with Crippen LogP contribution in [-0.4, -0.2) is 42.1 Å². The first-order valence-electron chi connectivity index (χ1n) is 6.33. The Morgan fingerprint density at radius 3 is 2.43 bits per heavy atom. The topological polar surface area (TPSA) is 119 Å². The van der Waals surface area contributed by atoms with Gasteiger partial charge in [-0.3, -0.25) is 9.59 Å². The second-order valence-corrected chi connectivity index (χ2v) is 4.48. The van der Waals surface area contributed by atoms with Crippen molar-refractivity contribution in [1.82, 2.24) is 5.32 Å². The largest absolute Gasteiger partial charge is 0.481 e. The molecule has 7 nitrogen and oxygen atoms in total. The Balaban J connectivity index is 2.72. The number of methoxy groups -OCH3 is 1. The fraction of sp³-hybridized carbons (Fsp3) is 0.357. The number of hydrogen-bond donors (Lipinski definition) is 3. The van der Waals surface area contributed by atoms with Gasteiger partial charge < -0.3 is 20.9 Å². The highest BCUT2D eigenvalue weighted by Gasteiger charge is 2.25. The normalized spacial score (nSPS) is 13.0. The van der Waals surface area contributed by atoms with Crippen LogP contribution in [0.1, 0.15) is 12.0 Å². The van der Waals surface area contributed by atoms with Crippen molar-refractivity contribution in [3.8, 4) is 0 Å². The summed E-state index contributed by atoms with van der Waals surface area (Å²) in [7, 11) is 1.21. The van der Waals surface area contributed by atoms with Crippen LogP contribution in [0, 0.1) is 0 Å². The molecule has 1 aromatic rings. The van der Waals surface area contributed by atoms with Gasteiger partial charge in [-0.05, 0) is 5.56 Å². The highest BCUT2D eigenvalue weighted by molar-refractivity contribution is 5.89. The zero-order valence-corrected chi connectivity index (χ0v) is 11.6. The van der Waals surface area contributed by atoms with Crippen LogP contribution in [0.2, 0.25) is 0 Å². The number of amides is 1. The van der Waals surface area contributed by atoms with Crippen molar-refractivity contribution in [3.63, 3.8) is 0 Å². The van der Waals surface area contributed by atoms with Crippen LogP contribution in [0.15, 0.2) is 30.3 Å². The van der Waals surface area contributed by atoms with Crippen molar-refractivity contribution in [3.05, 3.63) is 35.9 Å². The lowest BCUT2D eigenvalue weighted by molar-refractivity contribution is -0.145. The first-order valence-corrected chi connectivity index (χ1v) is 6.33. The molecule has 0 aliphatic carbocycles. The van der Waals surface area contributed by atoms with Crippen LogP contribution < -0.4 is 11.1 Å². The monoisotopic (exact) mass is 294 g/mol. The molecule has 21 heavy (non-hydrogen) atoms. The SMILES string of the molecule is COC(=O)[C@@H](Cc1ccccc1)NC(=O)C(N)CC(=O)O. The lowest BCUT2D eigenvalue weighted by Crippen LogP contribution is -2.50. The number of rotatable bonds is 7. The summed E-state index contributed by atoms with van der Waals surface area (Å²) in [6.45, 7) is 0. The maximum atomic E-state index is 11.8. The summed E-state index contributed by atoms with van der Waals surface area (Å²) in [5.74, 6) is -2.51. The predicted molar refractivity (Wildman–Crippen MR) is 74.3 cm³/mol. The summed E-state index contributed by atoms with van der Waals surface area (Å²) < 4.78 is 4.64. The first kappa shape index (κ1) is 16.6. The fourth-order valence-electron chi connectivity index (χ4n) is 1.74. The van der Waals surface area contributed by atoms with Gasteiger partial charge in [0, 0.05) is 6.42 Å². The lowest BCUT2D eigenvalue weighted by atomic mass is 10.1. The molecule has 0 aromatic heterocycles. The molecule has 0 spiro atoms. The molecule has 0 bridgehead atoms. The molecule has 0 aliphatic rings. The van der Waals surface area contributed by atoms with E-state index in [1.807, 2.05) is 18.2 Å². The van der Waals surface area contributed by atoms with E-state index < -0.39 is 36.4 Å². The minimum atomic E-state index is -1.22. The van der Waals surface area contributed by atoms with Gasteiger partial charge in [0.05, 0.1) is 19.6 Å².